The molecule has 0 aliphatic carbocycles. The average molecular weight is 338 g/mol. The molecule has 0 fully saturated rings. The number of hydrogen-bond donors (Lipinski definition) is 0. The fraction of sp³-hybridized carbons (Fsp3) is 0.105. The van der Waals surface area contributed by atoms with Gasteiger partial charge in [0.2, 0.25) is 0 Å². The Morgan fingerprint density at radius 1 is 1.04 bits per heavy atom. The molecule has 0 N–H and O–H groups in total. The monoisotopic (exact) mass is 338 g/mol. The van der Waals surface area contributed by atoms with Gasteiger partial charge in [0.15, 0.2) is 5.43 Å². The second-order valence-electron chi connectivity index (χ2n) is 5.32. The number of fused-ring (bicyclic) bond motifs is 2. The summed E-state index contributed by atoms with van der Waals surface area (Å²) in [6.45, 7) is 0. The third kappa shape index (κ3) is 2.25. The molecular weight excluding hydrogens is 324 g/mol. The van der Waals surface area contributed by atoms with Crippen molar-refractivity contribution in [2.45, 2.75) is 0 Å². The van der Waals surface area contributed by atoms with Crippen LogP contribution in [0.3, 0.4) is 0 Å². The first kappa shape index (κ1) is 14.8. The Morgan fingerprint density at radius 3 is 2.67 bits per heavy atom. The van der Waals surface area contributed by atoms with Crippen LogP contribution in [0.25, 0.3) is 32.4 Å². The molecule has 0 aliphatic rings. The molecule has 0 unspecified atom stereocenters. The van der Waals surface area contributed by atoms with Gasteiger partial charge in [0.05, 0.1) is 14.2 Å². The first-order chi connectivity index (χ1) is 11.7. The fourth-order valence-corrected chi connectivity index (χ4v) is 3.76. The maximum Gasteiger partial charge on any atom is 0.197 e. The van der Waals surface area contributed by atoms with Crippen molar-refractivity contribution in [1.82, 2.24) is 0 Å². The van der Waals surface area contributed by atoms with Crippen molar-refractivity contribution in [3.8, 4) is 22.8 Å². The molecule has 4 nitrogen and oxygen atoms in total. The third-order valence-electron chi connectivity index (χ3n) is 3.97. The van der Waals surface area contributed by atoms with Crippen LogP contribution in [0, 0.1) is 0 Å². The second-order valence-corrected chi connectivity index (χ2v) is 6.23. The molecule has 24 heavy (non-hydrogen) atoms. The van der Waals surface area contributed by atoms with Gasteiger partial charge in [0.25, 0.3) is 0 Å². The van der Waals surface area contributed by atoms with Crippen LogP contribution in [-0.4, -0.2) is 14.2 Å². The Labute approximate surface area is 141 Å². The van der Waals surface area contributed by atoms with E-state index in [0.29, 0.717) is 28.2 Å². The quantitative estimate of drug-likeness (QED) is 0.544. The van der Waals surface area contributed by atoms with Crippen molar-refractivity contribution in [3.63, 3.8) is 0 Å². The van der Waals surface area contributed by atoms with E-state index >= 15 is 0 Å². The molecular formula is C19H14O4S. The minimum Gasteiger partial charge on any atom is -0.496 e. The van der Waals surface area contributed by atoms with E-state index in [4.69, 9.17) is 13.9 Å². The van der Waals surface area contributed by atoms with Crippen molar-refractivity contribution in [3.05, 3.63) is 58.1 Å². The van der Waals surface area contributed by atoms with E-state index in [-0.39, 0.29) is 5.43 Å². The van der Waals surface area contributed by atoms with Gasteiger partial charge >= 0.3 is 0 Å². The van der Waals surface area contributed by atoms with Gasteiger partial charge in [-0.1, -0.05) is 18.2 Å². The number of methoxy groups -OCH3 is 2. The lowest BCUT2D eigenvalue weighted by atomic mass is 10.1. The molecule has 0 saturated heterocycles. The highest BCUT2D eigenvalue weighted by Crippen LogP contribution is 2.36. The Hall–Kier alpha value is -2.79. The molecule has 0 amide bonds. The van der Waals surface area contributed by atoms with E-state index in [0.717, 1.165) is 15.6 Å². The first-order valence-electron chi connectivity index (χ1n) is 7.38. The molecule has 120 valence electrons. The number of benzene rings is 2. The predicted octanol–water partition coefficient (Wildman–Crippen LogP) is 4.69. The minimum absolute atomic E-state index is 0.138. The van der Waals surface area contributed by atoms with E-state index in [1.807, 2.05) is 23.6 Å². The summed E-state index contributed by atoms with van der Waals surface area (Å²) in [4.78, 5) is 12.6. The van der Waals surface area contributed by atoms with Crippen molar-refractivity contribution >= 4 is 32.4 Å². The van der Waals surface area contributed by atoms with Crippen LogP contribution in [0.2, 0.25) is 0 Å². The summed E-state index contributed by atoms with van der Waals surface area (Å²) in [5.74, 6) is 1.56. The van der Waals surface area contributed by atoms with Gasteiger partial charge in [-0.05, 0) is 6.07 Å². The zero-order valence-electron chi connectivity index (χ0n) is 13.2. The predicted molar refractivity (Wildman–Crippen MR) is 96.4 cm³/mol. The average Bonchev–Trinajstić information content (AvgIpc) is 3.04. The third-order valence-corrected chi connectivity index (χ3v) is 4.93. The van der Waals surface area contributed by atoms with Gasteiger partial charge < -0.3 is 13.9 Å². The van der Waals surface area contributed by atoms with Gasteiger partial charge in [0.1, 0.15) is 28.2 Å². The summed E-state index contributed by atoms with van der Waals surface area (Å²) in [5, 5.41) is 3.49. The highest BCUT2D eigenvalue weighted by molar-refractivity contribution is 7.17. The van der Waals surface area contributed by atoms with Crippen LogP contribution >= 0.6 is 11.3 Å². The van der Waals surface area contributed by atoms with Crippen molar-refractivity contribution in [1.29, 1.82) is 0 Å². The van der Waals surface area contributed by atoms with Crippen molar-refractivity contribution in [2.75, 3.05) is 14.2 Å². The molecule has 0 aliphatic heterocycles. The van der Waals surface area contributed by atoms with Gasteiger partial charge in [-0.3, -0.25) is 4.79 Å². The standard InChI is InChI=1S/C19H14O4S/c1-21-11-7-16(22-2)19-14(20)9-15(23-17(19)8-11)13-10-24-18-6-4-3-5-12(13)18/h3-10H,1-2H3. The molecule has 2 aromatic heterocycles. The molecule has 4 aromatic rings. The molecule has 0 spiro atoms. The highest BCUT2D eigenvalue weighted by atomic mass is 32.1. The number of hydrogen-bond acceptors (Lipinski definition) is 5. The van der Waals surface area contributed by atoms with Crippen LogP contribution in [0.15, 0.2) is 57.1 Å². The van der Waals surface area contributed by atoms with E-state index in [1.165, 1.54) is 13.2 Å². The van der Waals surface area contributed by atoms with Crippen molar-refractivity contribution < 1.29 is 13.9 Å². The summed E-state index contributed by atoms with van der Waals surface area (Å²) in [7, 11) is 3.09. The molecule has 0 radical (unpaired) electrons. The number of thiophene rings is 1. The summed E-state index contributed by atoms with van der Waals surface area (Å²) in [6, 6.07) is 13.0. The molecule has 2 aromatic carbocycles. The summed E-state index contributed by atoms with van der Waals surface area (Å²) < 4.78 is 17.8. The Kier molecular flexibility index (Phi) is 3.50. The summed E-state index contributed by atoms with van der Waals surface area (Å²) in [5.41, 5.74) is 1.22. The molecule has 0 atom stereocenters. The van der Waals surface area contributed by atoms with Crippen LogP contribution in [0.5, 0.6) is 11.5 Å². The van der Waals surface area contributed by atoms with Gasteiger partial charge in [0, 0.05) is 39.2 Å². The maximum absolute atomic E-state index is 12.6. The summed E-state index contributed by atoms with van der Waals surface area (Å²) in [6.07, 6.45) is 0. The van der Waals surface area contributed by atoms with E-state index in [1.54, 1.807) is 30.6 Å². The molecule has 0 saturated carbocycles. The smallest absolute Gasteiger partial charge is 0.197 e. The van der Waals surface area contributed by atoms with E-state index in [9.17, 15) is 4.79 Å². The number of rotatable bonds is 3. The van der Waals surface area contributed by atoms with Gasteiger partial charge in [-0.2, -0.15) is 0 Å². The largest absolute Gasteiger partial charge is 0.496 e. The molecule has 0 bridgehead atoms. The number of ether oxygens (including phenoxy) is 2. The fourth-order valence-electron chi connectivity index (χ4n) is 2.81. The molecule has 2 heterocycles. The first-order valence-corrected chi connectivity index (χ1v) is 8.25. The Morgan fingerprint density at radius 2 is 1.88 bits per heavy atom. The molecule has 5 heteroatoms. The normalized spacial score (nSPS) is 11.1. The van der Waals surface area contributed by atoms with Crippen LogP contribution in [0.1, 0.15) is 0 Å². The Bertz CT molecular complexity index is 1110. The SMILES string of the molecule is COc1cc(OC)c2c(=O)cc(-c3csc4ccccc34)oc2c1. The molecule has 4 rings (SSSR count). The lowest BCUT2D eigenvalue weighted by Crippen LogP contribution is -2.03. The van der Waals surface area contributed by atoms with Crippen LogP contribution in [0.4, 0.5) is 0 Å². The second kappa shape index (κ2) is 5.69. The topological polar surface area (TPSA) is 48.7 Å². The lowest BCUT2D eigenvalue weighted by molar-refractivity contribution is 0.396. The zero-order valence-corrected chi connectivity index (χ0v) is 14.0. The lowest BCUT2D eigenvalue weighted by Gasteiger charge is -2.09. The van der Waals surface area contributed by atoms with Gasteiger partial charge in [-0.25, -0.2) is 0 Å². The highest BCUT2D eigenvalue weighted by Gasteiger charge is 2.15. The van der Waals surface area contributed by atoms with Crippen molar-refractivity contribution in [2.24, 2.45) is 0 Å². The van der Waals surface area contributed by atoms with E-state index in [2.05, 4.69) is 6.07 Å². The zero-order chi connectivity index (χ0) is 16.7. The Balaban J connectivity index is 2.03. The summed E-state index contributed by atoms with van der Waals surface area (Å²) >= 11 is 1.62. The van der Waals surface area contributed by atoms with Crippen LogP contribution < -0.4 is 14.9 Å². The minimum atomic E-state index is -0.138. The maximum atomic E-state index is 12.6. The van der Waals surface area contributed by atoms with Gasteiger partial charge in [-0.15, -0.1) is 11.3 Å². The van der Waals surface area contributed by atoms with Crippen LogP contribution in [-0.2, 0) is 0 Å². The van der Waals surface area contributed by atoms with E-state index < -0.39 is 0 Å².